The first-order chi connectivity index (χ1) is 21.6. The van der Waals surface area contributed by atoms with Crippen molar-refractivity contribution in [2.45, 2.75) is 174 Å². The van der Waals surface area contributed by atoms with E-state index in [0.717, 1.165) is 32.1 Å². The third-order valence-electron chi connectivity index (χ3n) is 8.17. The average molecular weight is 665 g/mol. The molecule has 1 N–H and O–H groups in total. The standard InChI is InChI=1S/C36H74NO7P/c1-6-8-10-12-14-16-17-18-19-20-21-22-24-26-28-31-41-33-35(34-43-45(39,40)42-32-30-37(3,4)5)44-36(38)29-27-25-23-15-13-11-9-7-2/h35H,6-34H2,1-5H3/p+1. The van der Waals surface area contributed by atoms with Crippen molar-refractivity contribution in [2.24, 2.45) is 0 Å². The summed E-state index contributed by atoms with van der Waals surface area (Å²) in [4.78, 5) is 22.6. The van der Waals surface area contributed by atoms with Crippen LogP contribution in [0.15, 0.2) is 0 Å². The average Bonchev–Trinajstić information content (AvgIpc) is 2.98. The Bertz CT molecular complexity index is 701. The van der Waals surface area contributed by atoms with E-state index in [1.807, 2.05) is 21.1 Å². The summed E-state index contributed by atoms with van der Waals surface area (Å²) in [6.45, 7) is 5.62. The van der Waals surface area contributed by atoms with E-state index in [0.29, 0.717) is 24.1 Å². The summed E-state index contributed by atoms with van der Waals surface area (Å²) in [6.07, 6.45) is 28.4. The van der Waals surface area contributed by atoms with Crippen LogP contribution >= 0.6 is 7.82 Å². The first kappa shape index (κ1) is 44.5. The number of hydrogen-bond acceptors (Lipinski definition) is 6. The molecule has 0 aromatic rings. The largest absolute Gasteiger partial charge is 0.472 e. The van der Waals surface area contributed by atoms with Gasteiger partial charge in [-0.05, 0) is 12.8 Å². The second-order valence-electron chi connectivity index (χ2n) is 14.0. The van der Waals surface area contributed by atoms with Gasteiger partial charge in [-0.15, -0.1) is 0 Å². The molecule has 0 saturated heterocycles. The van der Waals surface area contributed by atoms with Gasteiger partial charge >= 0.3 is 13.8 Å². The van der Waals surface area contributed by atoms with Crippen molar-refractivity contribution >= 4 is 13.8 Å². The predicted octanol–water partition coefficient (Wildman–Crippen LogP) is 10.2. The van der Waals surface area contributed by atoms with E-state index in [9.17, 15) is 14.3 Å². The molecule has 0 rings (SSSR count). The SMILES string of the molecule is CCCCCCCCCCCCCCCCCOCC(COP(=O)(O)OCC[N+](C)(C)C)OC(=O)CCCCCCCCCC. The van der Waals surface area contributed by atoms with Gasteiger partial charge in [-0.25, -0.2) is 4.57 Å². The molecule has 270 valence electrons. The maximum Gasteiger partial charge on any atom is 0.472 e. The van der Waals surface area contributed by atoms with Crippen LogP contribution in [0.3, 0.4) is 0 Å². The van der Waals surface area contributed by atoms with E-state index >= 15 is 0 Å². The highest BCUT2D eigenvalue weighted by Crippen LogP contribution is 2.43. The molecule has 9 heteroatoms. The number of carbonyl (C=O) groups excluding carboxylic acids is 1. The van der Waals surface area contributed by atoms with Gasteiger partial charge in [0.05, 0.1) is 34.4 Å². The van der Waals surface area contributed by atoms with Crippen LogP contribution in [0.2, 0.25) is 0 Å². The van der Waals surface area contributed by atoms with Crippen LogP contribution in [0, 0.1) is 0 Å². The molecule has 0 fully saturated rings. The highest BCUT2D eigenvalue weighted by molar-refractivity contribution is 7.47. The quantitative estimate of drug-likeness (QED) is 0.0312. The minimum atomic E-state index is -4.25. The zero-order valence-electron chi connectivity index (χ0n) is 30.4. The molecule has 45 heavy (non-hydrogen) atoms. The Morgan fingerprint density at radius 2 is 1.02 bits per heavy atom. The Kier molecular flexibility index (Phi) is 30.5. The lowest BCUT2D eigenvalue weighted by Gasteiger charge is -2.24. The fourth-order valence-electron chi connectivity index (χ4n) is 5.20. The number of ether oxygens (including phenoxy) is 2. The van der Waals surface area contributed by atoms with E-state index in [4.69, 9.17) is 18.5 Å². The number of phosphoric ester groups is 1. The van der Waals surface area contributed by atoms with Crippen molar-refractivity contribution in [1.82, 2.24) is 0 Å². The molecule has 0 bridgehead atoms. The van der Waals surface area contributed by atoms with Gasteiger partial charge in [-0.2, -0.15) is 0 Å². The van der Waals surface area contributed by atoms with Crippen molar-refractivity contribution in [3.8, 4) is 0 Å². The monoisotopic (exact) mass is 665 g/mol. The lowest BCUT2D eigenvalue weighted by Crippen LogP contribution is -2.37. The van der Waals surface area contributed by atoms with Gasteiger partial charge in [0.1, 0.15) is 19.3 Å². The zero-order valence-corrected chi connectivity index (χ0v) is 31.3. The third-order valence-corrected chi connectivity index (χ3v) is 9.15. The Balaban J connectivity index is 4.21. The van der Waals surface area contributed by atoms with Crippen molar-refractivity contribution in [1.29, 1.82) is 0 Å². The normalized spacial score (nSPS) is 14.0. The predicted molar refractivity (Wildman–Crippen MR) is 187 cm³/mol. The molecule has 0 amide bonds. The molecule has 0 spiro atoms. The van der Waals surface area contributed by atoms with Crippen LogP contribution in [0.25, 0.3) is 0 Å². The van der Waals surface area contributed by atoms with Crippen molar-refractivity contribution in [3.05, 3.63) is 0 Å². The van der Waals surface area contributed by atoms with Gasteiger partial charge in [0.25, 0.3) is 0 Å². The van der Waals surface area contributed by atoms with Gasteiger partial charge < -0.3 is 18.9 Å². The molecule has 2 unspecified atom stereocenters. The molecule has 0 saturated carbocycles. The highest BCUT2D eigenvalue weighted by Gasteiger charge is 2.26. The molecule has 0 heterocycles. The van der Waals surface area contributed by atoms with Gasteiger partial charge in [0, 0.05) is 13.0 Å². The molecule has 0 aromatic carbocycles. The number of likely N-dealkylation sites (N-methyl/N-ethyl adjacent to an activating group) is 1. The minimum absolute atomic E-state index is 0.0931. The molecular formula is C36H75NO7P+. The fourth-order valence-corrected chi connectivity index (χ4v) is 5.94. The molecule has 0 aliphatic rings. The van der Waals surface area contributed by atoms with Crippen LogP contribution in [0.5, 0.6) is 0 Å². The minimum Gasteiger partial charge on any atom is -0.457 e. The Morgan fingerprint density at radius 3 is 1.47 bits per heavy atom. The summed E-state index contributed by atoms with van der Waals surface area (Å²) in [7, 11) is 1.68. The Labute approximate surface area is 278 Å². The Hall–Kier alpha value is -0.500. The number of rotatable bonds is 35. The van der Waals surface area contributed by atoms with Crippen LogP contribution in [0.4, 0.5) is 0 Å². The summed E-state index contributed by atoms with van der Waals surface area (Å²) < 4.78 is 34.7. The van der Waals surface area contributed by atoms with Crippen LogP contribution in [0.1, 0.15) is 168 Å². The number of carbonyl (C=O) groups is 1. The lowest BCUT2D eigenvalue weighted by atomic mass is 10.0. The molecule has 0 aliphatic carbocycles. The van der Waals surface area contributed by atoms with E-state index in [-0.39, 0.29) is 25.8 Å². The smallest absolute Gasteiger partial charge is 0.457 e. The van der Waals surface area contributed by atoms with Crippen molar-refractivity contribution in [2.75, 3.05) is 54.1 Å². The van der Waals surface area contributed by atoms with Crippen LogP contribution < -0.4 is 0 Å². The summed E-state index contributed by atoms with van der Waals surface area (Å²) in [6, 6.07) is 0. The lowest BCUT2D eigenvalue weighted by molar-refractivity contribution is -0.870. The molecule has 0 aromatic heterocycles. The first-order valence-electron chi connectivity index (χ1n) is 18.8. The van der Waals surface area contributed by atoms with Crippen LogP contribution in [-0.4, -0.2) is 75.6 Å². The van der Waals surface area contributed by atoms with Gasteiger partial charge in [0.15, 0.2) is 0 Å². The molecule has 2 atom stereocenters. The molecule has 0 radical (unpaired) electrons. The van der Waals surface area contributed by atoms with E-state index in [1.54, 1.807) is 0 Å². The highest BCUT2D eigenvalue weighted by atomic mass is 31.2. The number of unbranched alkanes of at least 4 members (excludes halogenated alkanes) is 21. The van der Waals surface area contributed by atoms with E-state index in [1.165, 1.54) is 116 Å². The fraction of sp³-hybridized carbons (Fsp3) is 0.972. The summed E-state index contributed by atoms with van der Waals surface area (Å²) >= 11 is 0. The Morgan fingerprint density at radius 1 is 0.600 bits per heavy atom. The summed E-state index contributed by atoms with van der Waals surface area (Å²) in [5.41, 5.74) is 0. The number of phosphoric acid groups is 1. The van der Waals surface area contributed by atoms with Crippen molar-refractivity contribution < 1.29 is 37.3 Å². The maximum absolute atomic E-state index is 12.5. The summed E-state index contributed by atoms with van der Waals surface area (Å²) in [5, 5.41) is 0. The maximum atomic E-state index is 12.5. The molecule has 0 aliphatic heterocycles. The molecular weight excluding hydrogens is 589 g/mol. The molecule has 8 nitrogen and oxygen atoms in total. The van der Waals surface area contributed by atoms with E-state index < -0.39 is 13.9 Å². The van der Waals surface area contributed by atoms with Gasteiger partial charge in [0.2, 0.25) is 0 Å². The van der Waals surface area contributed by atoms with Crippen molar-refractivity contribution in [3.63, 3.8) is 0 Å². The number of nitrogens with zero attached hydrogens (tertiary/aromatic N) is 1. The van der Waals surface area contributed by atoms with E-state index in [2.05, 4.69) is 13.8 Å². The topological polar surface area (TPSA) is 91.3 Å². The van der Waals surface area contributed by atoms with Gasteiger partial charge in [-0.3, -0.25) is 13.8 Å². The van der Waals surface area contributed by atoms with Crippen LogP contribution in [-0.2, 0) is 27.9 Å². The zero-order chi connectivity index (χ0) is 33.5. The number of esters is 1. The van der Waals surface area contributed by atoms with Gasteiger partial charge in [-0.1, -0.05) is 149 Å². The summed E-state index contributed by atoms with van der Waals surface area (Å²) in [5.74, 6) is -0.316. The number of quaternary nitrogens is 1. The number of hydrogen-bond donors (Lipinski definition) is 1. The second kappa shape index (κ2) is 30.8. The third kappa shape index (κ3) is 34.6. The first-order valence-corrected chi connectivity index (χ1v) is 20.3. The second-order valence-corrected chi connectivity index (χ2v) is 15.4.